The topological polar surface area (TPSA) is 85.8 Å². The summed E-state index contributed by atoms with van der Waals surface area (Å²) in [6, 6.07) is 17.0. The van der Waals surface area contributed by atoms with Crippen LogP contribution in [0.3, 0.4) is 0 Å². The molecule has 0 aliphatic carbocycles. The summed E-state index contributed by atoms with van der Waals surface area (Å²) in [5, 5.41) is 13.4. The van der Waals surface area contributed by atoms with Crippen LogP contribution in [-0.2, 0) is 0 Å². The molecule has 0 radical (unpaired) electrons. The zero-order valence-corrected chi connectivity index (χ0v) is 17.8. The molecule has 1 fully saturated rings. The predicted octanol–water partition coefficient (Wildman–Crippen LogP) is 3.76. The third-order valence-electron chi connectivity index (χ3n) is 6.21. The highest BCUT2D eigenvalue weighted by Gasteiger charge is 2.55. The summed E-state index contributed by atoms with van der Waals surface area (Å²) >= 11 is 6.20. The first kappa shape index (κ1) is 20.5. The van der Waals surface area contributed by atoms with Gasteiger partial charge in [-0.25, -0.2) is 4.79 Å². The van der Waals surface area contributed by atoms with Crippen LogP contribution in [0.4, 0.5) is 16.2 Å². The molecule has 3 aromatic rings. The van der Waals surface area contributed by atoms with Gasteiger partial charge in [0.25, 0.3) is 5.91 Å². The number of rotatable bonds is 3. The normalized spacial score (nSPS) is 21.2. The van der Waals surface area contributed by atoms with E-state index in [4.69, 9.17) is 11.6 Å². The van der Waals surface area contributed by atoms with Gasteiger partial charge in [0.2, 0.25) is 0 Å². The Balaban J connectivity index is 1.48. The standard InChI is InChI=1S/C24H21ClN4O3/c25-17-6-2-3-7-18(17)27-24(32)29-20-13-28(23(31)15-9-11-26-12-10-15)19-8-4-1-5-16(19)22(20)21(29)14-30/h1-12,20-22,30H,13-14H2,(H,27,32)/t20-,21+,22+/m1/s1. The predicted molar refractivity (Wildman–Crippen MR) is 122 cm³/mol. The van der Waals surface area contributed by atoms with Crippen LogP contribution in [0.1, 0.15) is 21.8 Å². The number of fused-ring (bicyclic) bond motifs is 3. The lowest BCUT2D eigenvalue weighted by atomic mass is 9.72. The Kier molecular flexibility index (Phi) is 5.28. The Labute approximate surface area is 190 Å². The Bertz CT molecular complexity index is 1170. The molecule has 7 nitrogen and oxygen atoms in total. The molecule has 0 saturated carbocycles. The highest BCUT2D eigenvalue weighted by atomic mass is 35.5. The van der Waals surface area contributed by atoms with Gasteiger partial charge in [0.1, 0.15) is 0 Å². The van der Waals surface area contributed by atoms with E-state index in [9.17, 15) is 14.7 Å². The highest BCUT2D eigenvalue weighted by Crippen LogP contribution is 2.48. The van der Waals surface area contributed by atoms with E-state index in [1.807, 2.05) is 24.3 Å². The number of hydrogen-bond donors (Lipinski definition) is 2. The minimum absolute atomic E-state index is 0.0605. The molecule has 32 heavy (non-hydrogen) atoms. The maximum absolute atomic E-state index is 13.3. The molecule has 0 unspecified atom stereocenters. The van der Waals surface area contributed by atoms with Crippen molar-refractivity contribution in [1.29, 1.82) is 0 Å². The van der Waals surface area contributed by atoms with E-state index in [2.05, 4.69) is 10.3 Å². The zero-order valence-electron chi connectivity index (χ0n) is 17.1. The van der Waals surface area contributed by atoms with E-state index in [-0.39, 0.29) is 36.5 Å². The largest absolute Gasteiger partial charge is 0.394 e. The number of hydrogen-bond acceptors (Lipinski definition) is 4. The summed E-state index contributed by atoms with van der Waals surface area (Å²) < 4.78 is 0. The molecule has 5 rings (SSSR count). The Morgan fingerprint density at radius 1 is 1.06 bits per heavy atom. The fourth-order valence-electron chi connectivity index (χ4n) is 4.75. The van der Waals surface area contributed by atoms with Crippen LogP contribution in [0.25, 0.3) is 0 Å². The summed E-state index contributed by atoms with van der Waals surface area (Å²) in [5.41, 5.74) is 2.78. The van der Waals surface area contributed by atoms with Crippen LogP contribution >= 0.6 is 11.6 Å². The monoisotopic (exact) mass is 448 g/mol. The van der Waals surface area contributed by atoms with E-state index < -0.39 is 0 Å². The molecule has 2 aromatic carbocycles. The molecule has 162 valence electrons. The van der Waals surface area contributed by atoms with Crippen molar-refractivity contribution in [3.8, 4) is 0 Å². The number of aliphatic hydroxyl groups excluding tert-OH is 1. The molecule has 2 N–H and O–H groups in total. The van der Waals surface area contributed by atoms with Gasteiger partial charge in [-0.3, -0.25) is 9.78 Å². The number of urea groups is 1. The van der Waals surface area contributed by atoms with Gasteiger partial charge in [0.05, 0.1) is 29.4 Å². The van der Waals surface area contributed by atoms with Crippen LogP contribution < -0.4 is 10.2 Å². The second kappa shape index (κ2) is 8.26. The van der Waals surface area contributed by atoms with Gasteiger partial charge in [-0.05, 0) is 35.9 Å². The number of carbonyl (C=O) groups is 2. The van der Waals surface area contributed by atoms with Crippen molar-refractivity contribution in [2.24, 2.45) is 0 Å². The maximum Gasteiger partial charge on any atom is 0.322 e. The fraction of sp³-hybridized carbons (Fsp3) is 0.208. The van der Waals surface area contributed by atoms with Crippen LogP contribution in [0, 0.1) is 0 Å². The van der Waals surface area contributed by atoms with Crippen molar-refractivity contribution in [2.45, 2.75) is 18.0 Å². The van der Waals surface area contributed by atoms with Gasteiger partial charge in [0, 0.05) is 36.1 Å². The summed E-state index contributed by atoms with van der Waals surface area (Å²) in [6.07, 6.45) is 3.17. The number of aliphatic hydroxyl groups is 1. The molecule has 2 aliphatic heterocycles. The molecule has 8 heteroatoms. The van der Waals surface area contributed by atoms with Crippen molar-refractivity contribution in [1.82, 2.24) is 9.88 Å². The van der Waals surface area contributed by atoms with Gasteiger partial charge in [0.15, 0.2) is 0 Å². The molecule has 0 bridgehead atoms. The van der Waals surface area contributed by atoms with Crippen molar-refractivity contribution in [3.63, 3.8) is 0 Å². The van der Waals surface area contributed by atoms with Crippen LogP contribution in [0.5, 0.6) is 0 Å². The van der Waals surface area contributed by atoms with Gasteiger partial charge < -0.3 is 20.2 Å². The summed E-state index contributed by atoms with van der Waals surface area (Å²) in [6.45, 7) is 0.152. The lowest BCUT2D eigenvalue weighted by Crippen LogP contribution is -2.71. The van der Waals surface area contributed by atoms with E-state index in [0.717, 1.165) is 11.3 Å². The molecule has 0 spiro atoms. The smallest absolute Gasteiger partial charge is 0.322 e. The number of para-hydroxylation sites is 2. The van der Waals surface area contributed by atoms with Crippen LogP contribution in [0.2, 0.25) is 5.02 Å². The minimum Gasteiger partial charge on any atom is -0.394 e. The third kappa shape index (κ3) is 3.30. The highest BCUT2D eigenvalue weighted by molar-refractivity contribution is 6.33. The molecule has 1 saturated heterocycles. The van der Waals surface area contributed by atoms with Crippen molar-refractivity contribution in [2.75, 3.05) is 23.4 Å². The number of aromatic nitrogens is 1. The summed E-state index contributed by atoms with van der Waals surface area (Å²) in [4.78, 5) is 33.8. The molecule has 3 heterocycles. The zero-order chi connectivity index (χ0) is 22.2. The van der Waals surface area contributed by atoms with E-state index in [1.165, 1.54) is 0 Å². The number of anilines is 2. The van der Waals surface area contributed by atoms with Gasteiger partial charge >= 0.3 is 6.03 Å². The molecular formula is C24H21ClN4O3. The lowest BCUT2D eigenvalue weighted by molar-refractivity contribution is -0.00265. The first-order valence-electron chi connectivity index (χ1n) is 10.4. The average Bonchev–Trinajstić information content (AvgIpc) is 2.81. The number of carbonyl (C=O) groups excluding carboxylic acids is 2. The number of amides is 3. The van der Waals surface area contributed by atoms with Crippen molar-refractivity contribution >= 4 is 34.9 Å². The van der Waals surface area contributed by atoms with Crippen LogP contribution in [-0.4, -0.2) is 52.2 Å². The average molecular weight is 449 g/mol. The molecule has 1 aromatic heterocycles. The molecule has 2 aliphatic rings. The number of pyridine rings is 1. The quantitative estimate of drug-likeness (QED) is 0.639. The van der Waals surface area contributed by atoms with Gasteiger partial charge in [-0.15, -0.1) is 0 Å². The maximum atomic E-state index is 13.3. The van der Waals surface area contributed by atoms with E-state index in [0.29, 0.717) is 22.8 Å². The molecule has 3 atom stereocenters. The molecule has 3 amide bonds. The number of nitrogens with one attached hydrogen (secondary N) is 1. The number of likely N-dealkylation sites (tertiary alicyclic amines) is 1. The van der Waals surface area contributed by atoms with Crippen molar-refractivity contribution < 1.29 is 14.7 Å². The van der Waals surface area contributed by atoms with Gasteiger partial charge in [-0.1, -0.05) is 41.9 Å². The fourth-order valence-corrected chi connectivity index (χ4v) is 4.93. The third-order valence-corrected chi connectivity index (χ3v) is 6.54. The Morgan fingerprint density at radius 2 is 1.78 bits per heavy atom. The van der Waals surface area contributed by atoms with Gasteiger partial charge in [-0.2, -0.15) is 0 Å². The minimum atomic E-state index is -0.387. The Hall–Kier alpha value is -3.42. The first-order valence-corrected chi connectivity index (χ1v) is 10.7. The van der Waals surface area contributed by atoms with E-state index in [1.54, 1.807) is 58.6 Å². The van der Waals surface area contributed by atoms with Crippen molar-refractivity contribution in [3.05, 3.63) is 89.2 Å². The summed E-state index contributed by atoms with van der Waals surface area (Å²) in [5.74, 6) is -0.216. The summed E-state index contributed by atoms with van der Waals surface area (Å²) in [7, 11) is 0. The molecular weight excluding hydrogens is 428 g/mol. The lowest BCUT2D eigenvalue weighted by Gasteiger charge is -2.58. The number of halogens is 1. The SMILES string of the molecule is O=C(c1ccncc1)N1C[C@@H]2[C@H](c3ccccc31)[C@H](CO)N2C(=O)Nc1ccccc1Cl. The second-order valence-electron chi connectivity index (χ2n) is 7.87. The Morgan fingerprint density at radius 3 is 2.53 bits per heavy atom. The second-order valence-corrected chi connectivity index (χ2v) is 8.28. The number of nitrogens with zero attached hydrogens (tertiary/aromatic N) is 3. The first-order chi connectivity index (χ1) is 15.6. The van der Waals surface area contributed by atoms with Crippen LogP contribution in [0.15, 0.2) is 73.1 Å². The number of benzene rings is 2. The van der Waals surface area contributed by atoms with E-state index >= 15 is 0 Å².